The minimum absolute atomic E-state index is 0.0184. The number of rotatable bonds is 7. The minimum atomic E-state index is -0.932. The number of methoxy groups -OCH3 is 2. The molecule has 1 amide bonds. The molecule has 1 N–H and O–H groups in total. The molecular formula is C20H23NO5S. The van der Waals surface area contributed by atoms with E-state index in [0.717, 1.165) is 16.0 Å². The number of carbonyl (C=O) groups is 2. The van der Waals surface area contributed by atoms with Crippen LogP contribution in [0.3, 0.4) is 0 Å². The summed E-state index contributed by atoms with van der Waals surface area (Å²) in [5.41, 5.74) is 1.83. The van der Waals surface area contributed by atoms with Crippen LogP contribution < -0.4 is 9.47 Å². The Morgan fingerprint density at radius 2 is 2.00 bits per heavy atom. The lowest BCUT2D eigenvalue weighted by molar-refractivity contribution is -0.141. The van der Waals surface area contributed by atoms with Crippen molar-refractivity contribution in [2.24, 2.45) is 0 Å². The largest absolute Gasteiger partial charge is 0.493 e. The number of benzene rings is 1. The van der Waals surface area contributed by atoms with Gasteiger partial charge in [-0.1, -0.05) is 6.07 Å². The fraction of sp³-hybridized carbons (Fsp3) is 0.400. The number of hydrogen-bond donors (Lipinski definition) is 1. The van der Waals surface area contributed by atoms with Crippen LogP contribution in [0.15, 0.2) is 29.6 Å². The quantitative estimate of drug-likeness (QED) is 0.786. The molecule has 27 heavy (non-hydrogen) atoms. The van der Waals surface area contributed by atoms with E-state index in [-0.39, 0.29) is 12.3 Å². The Kier molecular flexibility index (Phi) is 6.01. The van der Waals surface area contributed by atoms with Crippen molar-refractivity contribution in [2.75, 3.05) is 20.8 Å². The van der Waals surface area contributed by atoms with E-state index in [4.69, 9.17) is 9.47 Å². The van der Waals surface area contributed by atoms with Crippen LogP contribution in [0.5, 0.6) is 11.5 Å². The Balaban J connectivity index is 1.87. The highest BCUT2D eigenvalue weighted by molar-refractivity contribution is 7.09. The number of aryl methyl sites for hydroxylation is 1. The second-order valence-electron chi connectivity index (χ2n) is 6.44. The number of fused-ring (bicyclic) bond motifs is 1. The van der Waals surface area contributed by atoms with Crippen LogP contribution >= 0.6 is 11.3 Å². The summed E-state index contributed by atoms with van der Waals surface area (Å²) in [6.45, 7) is 0.504. The van der Waals surface area contributed by atoms with Crippen molar-refractivity contribution in [3.63, 3.8) is 0 Å². The smallest absolute Gasteiger partial charge is 0.305 e. The molecule has 2 heterocycles. The molecule has 6 nitrogen and oxygen atoms in total. The van der Waals surface area contributed by atoms with E-state index in [2.05, 4.69) is 0 Å². The van der Waals surface area contributed by atoms with Crippen LogP contribution in [-0.4, -0.2) is 42.6 Å². The predicted molar refractivity (Wildman–Crippen MR) is 103 cm³/mol. The molecule has 0 unspecified atom stereocenters. The Morgan fingerprint density at radius 3 is 2.63 bits per heavy atom. The van der Waals surface area contributed by atoms with Gasteiger partial charge < -0.3 is 19.5 Å². The molecule has 1 aliphatic rings. The summed E-state index contributed by atoms with van der Waals surface area (Å²) < 4.78 is 10.7. The van der Waals surface area contributed by atoms with E-state index in [1.807, 2.05) is 23.6 Å². The molecule has 144 valence electrons. The van der Waals surface area contributed by atoms with Crippen LogP contribution in [0.25, 0.3) is 0 Å². The molecule has 1 aliphatic heterocycles. The van der Waals surface area contributed by atoms with Gasteiger partial charge in [-0.05, 0) is 47.5 Å². The number of thiophene rings is 1. The van der Waals surface area contributed by atoms with Gasteiger partial charge in [0, 0.05) is 17.8 Å². The second kappa shape index (κ2) is 8.43. The number of amides is 1. The first-order valence-electron chi connectivity index (χ1n) is 8.82. The van der Waals surface area contributed by atoms with Gasteiger partial charge in [-0.3, -0.25) is 9.59 Å². The van der Waals surface area contributed by atoms with Crippen molar-refractivity contribution in [3.8, 4) is 11.5 Å². The lowest BCUT2D eigenvalue weighted by Gasteiger charge is -2.37. The second-order valence-corrected chi connectivity index (χ2v) is 7.47. The topological polar surface area (TPSA) is 76.1 Å². The summed E-state index contributed by atoms with van der Waals surface area (Å²) in [6, 6.07) is 7.17. The molecule has 0 spiro atoms. The minimum Gasteiger partial charge on any atom is -0.493 e. The number of ether oxygens (including phenoxy) is 2. The first kappa shape index (κ1) is 19.2. The Morgan fingerprint density at radius 1 is 1.26 bits per heavy atom. The first-order chi connectivity index (χ1) is 13.0. The molecule has 0 bridgehead atoms. The van der Waals surface area contributed by atoms with Gasteiger partial charge in [-0.25, -0.2) is 0 Å². The highest BCUT2D eigenvalue weighted by Gasteiger charge is 2.33. The number of carboxylic acid groups (broad SMARTS) is 1. The molecule has 2 aromatic rings. The van der Waals surface area contributed by atoms with Crippen molar-refractivity contribution in [3.05, 3.63) is 45.6 Å². The summed E-state index contributed by atoms with van der Waals surface area (Å²) in [7, 11) is 3.12. The highest BCUT2D eigenvalue weighted by Crippen LogP contribution is 2.39. The number of aliphatic carboxylic acids is 1. The predicted octanol–water partition coefficient (Wildman–Crippen LogP) is 3.30. The van der Waals surface area contributed by atoms with Crippen molar-refractivity contribution >= 4 is 23.2 Å². The molecule has 1 aromatic carbocycles. The maximum Gasteiger partial charge on any atom is 0.305 e. The van der Waals surface area contributed by atoms with Gasteiger partial charge in [-0.15, -0.1) is 11.3 Å². The van der Waals surface area contributed by atoms with Gasteiger partial charge >= 0.3 is 5.97 Å². The fourth-order valence-electron chi connectivity index (χ4n) is 3.54. The maximum absolute atomic E-state index is 12.9. The van der Waals surface area contributed by atoms with Gasteiger partial charge in [0.2, 0.25) is 5.91 Å². The van der Waals surface area contributed by atoms with E-state index >= 15 is 0 Å². The van der Waals surface area contributed by atoms with E-state index in [1.165, 1.54) is 0 Å². The zero-order valence-electron chi connectivity index (χ0n) is 15.4. The summed E-state index contributed by atoms with van der Waals surface area (Å²) in [4.78, 5) is 27.2. The van der Waals surface area contributed by atoms with Gasteiger partial charge in [0.05, 0.1) is 26.7 Å². The maximum atomic E-state index is 12.9. The fourth-order valence-corrected chi connectivity index (χ4v) is 4.25. The lowest BCUT2D eigenvalue weighted by atomic mass is 9.89. The van der Waals surface area contributed by atoms with Crippen LogP contribution in [-0.2, 0) is 22.4 Å². The summed E-state index contributed by atoms with van der Waals surface area (Å²) in [5, 5.41) is 11.4. The summed E-state index contributed by atoms with van der Waals surface area (Å²) >= 11 is 1.63. The van der Waals surface area contributed by atoms with Gasteiger partial charge in [0.1, 0.15) is 0 Å². The van der Waals surface area contributed by atoms with E-state index < -0.39 is 12.0 Å². The molecule has 0 aliphatic carbocycles. The Hall–Kier alpha value is -2.54. The molecule has 0 saturated carbocycles. The number of hydrogen-bond acceptors (Lipinski definition) is 5. The zero-order chi connectivity index (χ0) is 19.4. The average Bonchev–Trinajstić information content (AvgIpc) is 3.18. The number of carbonyl (C=O) groups excluding carboxylic acids is 1. The van der Waals surface area contributed by atoms with E-state index in [1.54, 1.807) is 36.5 Å². The van der Waals surface area contributed by atoms with Gasteiger partial charge in [0.25, 0.3) is 0 Å². The third kappa shape index (κ3) is 4.24. The molecule has 0 saturated heterocycles. The lowest BCUT2D eigenvalue weighted by Crippen LogP contribution is -2.41. The molecule has 0 radical (unpaired) electrons. The van der Waals surface area contributed by atoms with E-state index in [0.29, 0.717) is 37.3 Å². The van der Waals surface area contributed by atoms with Crippen LogP contribution in [0, 0.1) is 0 Å². The molecule has 0 fully saturated rings. The summed E-state index contributed by atoms with van der Waals surface area (Å²) in [6.07, 6.45) is 1.58. The SMILES string of the molecule is COc1cc2c(cc1OC)[C@@H](CC(=O)O)N(C(=O)CCc1cccs1)CC2. The monoisotopic (exact) mass is 389 g/mol. The molecule has 1 aromatic heterocycles. The van der Waals surface area contributed by atoms with Crippen LogP contribution in [0.1, 0.15) is 34.9 Å². The van der Waals surface area contributed by atoms with Crippen molar-refractivity contribution < 1.29 is 24.2 Å². The number of carboxylic acids is 1. The Labute approximate surface area is 162 Å². The third-order valence-corrected chi connectivity index (χ3v) is 5.79. The normalized spacial score (nSPS) is 15.9. The first-order valence-corrected chi connectivity index (χ1v) is 9.70. The Bertz CT molecular complexity index is 818. The zero-order valence-corrected chi connectivity index (χ0v) is 16.3. The standard InChI is InChI=1S/C20H23NO5S/c1-25-17-10-13-7-8-21(19(22)6-5-14-4-3-9-27-14)16(12-20(23)24)15(13)11-18(17)26-2/h3-4,9-11,16H,5-8,12H2,1-2H3,(H,23,24)/t16-/m1/s1. The third-order valence-electron chi connectivity index (χ3n) is 4.86. The van der Waals surface area contributed by atoms with Crippen LogP contribution in [0.2, 0.25) is 0 Å². The molecular weight excluding hydrogens is 366 g/mol. The van der Waals surface area contributed by atoms with Crippen molar-refractivity contribution in [1.29, 1.82) is 0 Å². The average molecular weight is 389 g/mol. The van der Waals surface area contributed by atoms with Gasteiger partial charge in [0.15, 0.2) is 11.5 Å². The van der Waals surface area contributed by atoms with Gasteiger partial charge in [-0.2, -0.15) is 0 Å². The highest BCUT2D eigenvalue weighted by atomic mass is 32.1. The molecule has 1 atom stereocenters. The summed E-state index contributed by atoms with van der Waals surface area (Å²) in [5.74, 6) is 0.205. The van der Waals surface area contributed by atoms with Crippen LogP contribution in [0.4, 0.5) is 0 Å². The van der Waals surface area contributed by atoms with Crippen molar-refractivity contribution in [1.82, 2.24) is 4.90 Å². The molecule has 3 rings (SSSR count). The molecule has 7 heteroatoms. The van der Waals surface area contributed by atoms with Crippen molar-refractivity contribution in [2.45, 2.75) is 31.7 Å². The van der Waals surface area contributed by atoms with E-state index in [9.17, 15) is 14.7 Å². The number of nitrogens with zero attached hydrogens (tertiary/aromatic N) is 1.